The molecule has 2 atom stereocenters. The zero-order valence-corrected chi connectivity index (χ0v) is 16.1. The van der Waals surface area contributed by atoms with E-state index in [0.29, 0.717) is 24.1 Å². The van der Waals surface area contributed by atoms with Gasteiger partial charge in [0, 0.05) is 30.8 Å². The van der Waals surface area contributed by atoms with E-state index in [4.69, 9.17) is 0 Å². The van der Waals surface area contributed by atoms with Crippen molar-refractivity contribution in [2.45, 2.75) is 63.6 Å². The van der Waals surface area contributed by atoms with Crippen LogP contribution < -0.4 is 0 Å². The number of halogens is 2. The van der Waals surface area contributed by atoms with Gasteiger partial charge in [-0.3, -0.25) is 9.78 Å². The second-order valence-electron chi connectivity index (χ2n) is 8.32. The Kier molecular flexibility index (Phi) is 4.70. The third kappa shape index (κ3) is 3.41. The molecule has 2 aromatic rings. The number of aliphatic hydroxyl groups is 1. The fourth-order valence-corrected chi connectivity index (χ4v) is 4.88. The number of carbonyl (C=O) groups is 1. The summed E-state index contributed by atoms with van der Waals surface area (Å²) in [4.78, 5) is 19.3. The van der Waals surface area contributed by atoms with Gasteiger partial charge in [-0.25, -0.2) is 8.78 Å². The zero-order valence-electron chi connectivity index (χ0n) is 16.1. The van der Waals surface area contributed by atoms with Crippen LogP contribution in [-0.2, 0) is 6.42 Å². The second-order valence-corrected chi connectivity index (χ2v) is 8.32. The smallest absolute Gasteiger partial charge is 0.273 e. The van der Waals surface area contributed by atoms with Gasteiger partial charge in [0.2, 0.25) is 0 Å². The third-order valence-corrected chi connectivity index (χ3v) is 6.04. The Labute approximate surface area is 163 Å². The van der Waals surface area contributed by atoms with Gasteiger partial charge in [0.05, 0.1) is 5.60 Å². The van der Waals surface area contributed by atoms with Crippen LogP contribution in [0.4, 0.5) is 8.78 Å². The largest absolute Gasteiger partial charge is 0.389 e. The number of hydrogen-bond acceptors (Lipinski definition) is 3. The zero-order chi connectivity index (χ0) is 20.1. The lowest BCUT2D eigenvalue weighted by molar-refractivity contribution is -0.0433. The molecule has 1 amide bonds. The van der Waals surface area contributed by atoms with Crippen molar-refractivity contribution in [3.05, 3.63) is 64.5 Å². The van der Waals surface area contributed by atoms with Crippen LogP contribution in [0.3, 0.4) is 0 Å². The van der Waals surface area contributed by atoms with Crippen LogP contribution in [0.15, 0.2) is 30.5 Å². The van der Waals surface area contributed by atoms with Gasteiger partial charge in [0.1, 0.15) is 17.3 Å². The lowest BCUT2D eigenvalue weighted by Crippen LogP contribution is -2.54. The molecular formula is C22H24F2N2O2. The summed E-state index contributed by atoms with van der Waals surface area (Å²) < 4.78 is 27.2. The molecule has 1 aromatic carbocycles. The standard InChI is InChI=1S/C22H24F2N2O2/c1-13-7-14(2)20(25-12-13)21(27)26-17-5-6-18(26)11-22(28,10-17)9-15-3-4-16(23)8-19(15)24/h3-4,7-8,12,17-18,28H,5-6,9-11H2,1-2H3. The normalized spacial score (nSPS) is 26.5. The van der Waals surface area contributed by atoms with Gasteiger partial charge >= 0.3 is 0 Å². The highest BCUT2D eigenvalue weighted by Gasteiger charge is 2.49. The van der Waals surface area contributed by atoms with Crippen molar-refractivity contribution >= 4 is 5.91 Å². The van der Waals surface area contributed by atoms with E-state index >= 15 is 0 Å². The summed E-state index contributed by atoms with van der Waals surface area (Å²) in [6, 6.07) is 5.20. The summed E-state index contributed by atoms with van der Waals surface area (Å²) in [7, 11) is 0. The summed E-state index contributed by atoms with van der Waals surface area (Å²) in [5.74, 6) is -1.37. The molecule has 1 aromatic heterocycles. The fourth-order valence-electron chi connectivity index (χ4n) is 4.88. The number of pyridine rings is 1. The van der Waals surface area contributed by atoms with Gasteiger partial charge in [-0.05, 0) is 62.3 Å². The molecule has 0 aliphatic carbocycles. The van der Waals surface area contributed by atoms with E-state index in [9.17, 15) is 18.7 Å². The van der Waals surface area contributed by atoms with Gasteiger partial charge in [-0.15, -0.1) is 0 Å². The first-order valence-corrected chi connectivity index (χ1v) is 9.68. The van der Waals surface area contributed by atoms with Crippen LogP contribution in [0.1, 0.15) is 52.9 Å². The Bertz CT molecular complexity index is 917. The van der Waals surface area contributed by atoms with E-state index in [0.717, 1.165) is 30.0 Å². The molecule has 2 fully saturated rings. The molecule has 2 unspecified atom stereocenters. The minimum atomic E-state index is -1.10. The molecule has 0 spiro atoms. The highest BCUT2D eigenvalue weighted by Crippen LogP contribution is 2.43. The average Bonchev–Trinajstić information content (AvgIpc) is 2.89. The Morgan fingerprint density at radius 1 is 1.21 bits per heavy atom. The third-order valence-electron chi connectivity index (χ3n) is 6.04. The number of nitrogens with zero attached hydrogens (tertiary/aromatic N) is 2. The van der Waals surface area contributed by atoms with Crippen molar-refractivity contribution in [1.82, 2.24) is 9.88 Å². The number of benzene rings is 1. The minimum Gasteiger partial charge on any atom is -0.389 e. The Balaban J connectivity index is 1.54. The summed E-state index contributed by atoms with van der Waals surface area (Å²) in [5.41, 5.74) is 1.51. The maximum absolute atomic E-state index is 14.1. The lowest BCUT2D eigenvalue weighted by Gasteiger charge is -2.44. The lowest BCUT2D eigenvalue weighted by atomic mass is 9.81. The molecule has 3 heterocycles. The van der Waals surface area contributed by atoms with Crippen LogP contribution >= 0.6 is 0 Å². The molecule has 1 N–H and O–H groups in total. The molecule has 2 bridgehead atoms. The average molecular weight is 386 g/mol. The number of aromatic nitrogens is 1. The highest BCUT2D eigenvalue weighted by molar-refractivity contribution is 5.94. The quantitative estimate of drug-likeness (QED) is 0.875. The van der Waals surface area contributed by atoms with Crippen LogP contribution in [0.25, 0.3) is 0 Å². The maximum Gasteiger partial charge on any atom is 0.273 e. The molecule has 2 aliphatic rings. The first-order chi connectivity index (χ1) is 13.3. The summed E-state index contributed by atoms with van der Waals surface area (Å²) in [5, 5.41) is 11.1. The molecule has 4 rings (SSSR count). The molecule has 4 nitrogen and oxygen atoms in total. The number of fused-ring (bicyclic) bond motifs is 2. The molecule has 28 heavy (non-hydrogen) atoms. The van der Waals surface area contributed by atoms with E-state index in [1.54, 1.807) is 6.20 Å². The highest BCUT2D eigenvalue weighted by atomic mass is 19.1. The second kappa shape index (κ2) is 6.92. The number of rotatable bonds is 3. The van der Waals surface area contributed by atoms with E-state index in [1.807, 2.05) is 24.8 Å². The summed E-state index contributed by atoms with van der Waals surface area (Å²) >= 11 is 0. The molecule has 6 heteroatoms. The molecular weight excluding hydrogens is 362 g/mol. The molecule has 0 radical (unpaired) electrons. The topological polar surface area (TPSA) is 53.4 Å². The first kappa shape index (κ1) is 19.0. The van der Waals surface area contributed by atoms with E-state index in [-0.39, 0.29) is 24.4 Å². The number of aryl methyl sites for hydroxylation is 2. The van der Waals surface area contributed by atoms with Gasteiger partial charge in [0.25, 0.3) is 5.91 Å². The van der Waals surface area contributed by atoms with Crippen LogP contribution in [0.2, 0.25) is 0 Å². The maximum atomic E-state index is 14.1. The SMILES string of the molecule is Cc1cnc(C(=O)N2C3CCC2CC(O)(Cc2ccc(F)cc2F)C3)c(C)c1. The van der Waals surface area contributed by atoms with Crippen LogP contribution in [0, 0.1) is 25.5 Å². The molecule has 0 saturated carbocycles. The van der Waals surface area contributed by atoms with Crippen molar-refractivity contribution in [2.75, 3.05) is 0 Å². The summed E-state index contributed by atoms with van der Waals surface area (Å²) in [6.45, 7) is 3.82. The summed E-state index contributed by atoms with van der Waals surface area (Å²) in [6.07, 6.45) is 4.22. The van der Waals surface area contributed by atoms with Crippen molar-refractivity contribution < 1.29 is 18.7 Å². The van der Waals surface area contributed by atoms with Gasteiger partial charge in [-0.1, -0.05) is 12.1 Å². The minimum absolute atomic E-state index is 0.0951. The first-order valence-electron chi connectivity index (χ1n) is 9.68. The fraction of sp³-hybridized carbons (Fsp3) is 0.455. The Morgan fingerprint density at radius 3 is 2.50 bits per heavy atom. The van der Waals surface area contributed by atoms with Gasteiger partial charge in [0.15, 0.2) is 0 Å². The predicted molar refractivity (Wildman–Crippen MR) is 101 cm³/mol. The molecule has 2 saturated heterocycles. The monoisotopic (exact) mass is 386 g/mol. The predicted octanol–water partition coefficient (Wildman–Crippen LogP) is 3.72. The number of carbonyl (C=O) groups excluding carboxylic acids is 1. The molecule has 148 valence electrons. The number of hydrogen-bond donors (Lipinski definition) is 1. The van der Waals surface area contributed by atoms with E-state index in [1.165, 1.54) is 12.1 Å². The molecule has 2 aliphatic heterocycles. The van der Waals surface area contributed by atoms with Gasteiger partial charge < -0.3 is 10.0 Å². The van der Waals surface area contributed by atoms with Crippen molar-refractivity contribution in [3.63, 3.8) is 0 Å². The Hall–Kier alpha value is -2.34. The van der Waals surface area contributed by atoms with Crippen molar-refractivity contribution in [1.29, 1.82) is 0 Å². The van der Waals surface area contributed by atoms with Crippen molar-refractivity contribution in [2.24, 2.45) is 0 Å². The van der Waals surface area contributed by atoms with Crippen LogP contribution in [0.5, 0.6) is 0 Å². The van der Waals surface area contributed by atoms with Crippen molar-refractivity contribution in [3.8, 4) is 0 Å². The van der Waals surface area contributed by atoms with Gasteiger partial charge in [-0.2, -0.15) is 0 Å². The van der Waals surface area contributed by atoms with Crippen LogP contribution in [-0.4, -0.2) is 38.6 Å². The van der Waals surface area contributed by atoms with E-state index < -0.39 is 17.2 Å². The van der Waals surface area contributed by atoms with E-state index in [2.05, 4.69) is 4.98 Å². The Morgan fingerprint density at radius 2 is 1.89 bits per heavy atom. The number of piperidine rings is 1. The number of amides is 1.